The molecule has 8 heteroatoms. The summed E-state index contributed by atoms with van der Waals surface area (Å²) in [6, 6.07) is 9.71. The van der Waals surface area contributed by atoms with Crippen molar-refractivity contribution in [1.29, 1.82) is 0 Å². The minimum atomic E-state index is -3.09. The first-order chi connectivity index (χ1) is 12.8. The van der Waals surface area contributed by atoms with Crippen molar-refractivity contribution in [2.24, 2.45) is 4.99 Å². The zero-order valence-corrected chi connectivity index (χ0v) is 16.8. The monoisotopic (exact) mass is 390 g/mol. The van der Waals surface area contributed by atoms with Gasteiger partial charge in [-0.1, -0.05) is 18.2 Å². The van der Waals surface area contributed by atoms with Crippen molar-refractivity contribution in [3.8, 4) is 11.5 Å². The number of benzene rings is 1. The topological polar surface area (TPSA) is 87.8 Å². The summed E-state index contributed by atoms with van der Waals surface area (Å²) >= 11 is 0. The molecule has 0 saturated carbocycles. The summed E-state index contributed by atoms with van der Waals surface area (Å²) in [6.45, 7) is 7.44. The van der Waals surface area contributed by atoms with Crippen molar-refractivity contribution < 1.29 is 12.8 Å². The molecule has 1 aliphatic rings. The second-order valence-electron chi connectivity index (χ2n) is 7.18. The zero-order valence-electron chi connectivity index (χ0n) is 16.0. The van der Waals surface area contributed by atoms with Gasteiger partial charge in [-0.05, 0) is 32.9 Å². The van der Waals surface area contributed by atoms with E-state index in [1.54, 1.807) is 20.1 Å². The van der Waals surface area contributed by atoms with Gasteiger partial charge in [-0.25, -0.2) is 18.4 Å². The van der Waals surface area contributed by atoms with Crippen LogP contribution in [0.25, 0.3) is 11.5 Å². The lowest BCUT2D eigenvalue weighted by atomic mass is 10.2. The Bertz CT molecular complexity index is 904. The molecule has 0 spiro atoms. The number of nitrogens with one attached hydrogen (secondary N) is 1. The number of rotatable bonds is 4. The van der Waals surface area contributed by atoms with E-state index in [-0.39, 0.29) is 5.75 Å². The number of nitrogens with zero attached hydrogens (tertiary/aromatic N) is 3. The van der Waals surface area contributed by atoms with E-state index in [1.165, 1.54) is 0 Å². The van der Waals surface area contributed by atoms with E-state index in [2.05, 4.69) is 15.3 Å². The minimum absolute atomic E-state index is 0.131. The lowest BCUT2D eigenvalue weighted by Crippen LogP contribution is -2.57. The fourth-order valence-electron chi connectivity index (χ4n) is 3.00. The lowest BCUT2D eigenvalue weighted by Gasteiger charge is -2.39. The largest absolute Gasteiger partial charge is 0.444 e. The molecule has 1 saturated heterocycles. The Morgan fingerprint density at radius 1 is 1.33 bits per heavy atom. The summed E-state index contributed by atoms with van der Waals surface area (Å²) in [7, 11) is -3.09. The van der Waals surface area contributed by atoms with Crippen molar-refractivity contribution in [3.05, 3.63) is 42.3 Å². The molecule has 3 rings (SSSR count). The smallest absolute Gasteiger partial charge is 0.226 e. The SMILES string of the molecule is CCNC(=NCc1coc(-c2ccccc2)n1)N1CCS(=O)(=O)C(C)(C)C1. The summed E-state index contributed by atoms with van der Waals surface area (Å²) in [6.07, 6.45) is 1.61. The Morgan fingerprint density at radius 2 is 2.07 bits per heavy atom. The van der Waals surface area contributed by atoms with Crippen molar-refractivity contribution in [3.63, 3.8) is 0 Å². The third kappa shape index (κ3) is 4.32. The molecular formula is C19H26N4O3S. The Morgan fingerprint density at radius 3 is 2.74 bits per heavy atom. The Hall–Kier alpha value is -2.35. The summed E-state index contributed by atoms with van der Waals surface area (Å²) in [5.41, 5.74) is 1.65. The number of oxazole rings is 1. The summed E-state index contributed by atoms with van der Waals surface area (Å²) in [4.78, 5) is 11.1. The maximum atomic E-state index is 12.2. The van der Waals surface area contributed by atoms with Crippen LogP contribution in [0.2, 0.25) is 0 Å². The van der Waals surface area contributed by atoms with Crippen LogP contribution in [0.1, 0.15) is 26.5 Å². The van der Waals surface area contributed by atoms with E-state index < -0.39 is 14.6 Å². The van der Waals surface area contributed by atoms with E-state index in [4.69, 9.17) is 4.42 Å². The number of sulfone groups is 1. The van der Waals surface area contributed by atoms with E-state index in [0.29, 0.717) is 38.0 Å². The van der Waals surface area contributed by atoms with Crippen LogP contribution in [0.3, 0.4) is 0 Å². The van der Waals surface area contributed by atoms with E-state index in [0.717, 1.165) is 11.3 Å². The maximum absolute atomic E-state index is 12.2. The van der Waals surface area contributed by atoms with Crippen molar-refractivity contribution >= 4 is 15.8 Å². The molecular weight excluding hydrogens is 364 g/mol. The highest BCUT2D eigenvalue weighted by Crippen LogP contribution is 2.24. The third-order valence-electron chi connectivity index (χ3n) is 4.64. The van der Waals surface area contributed by atoms with Gasteiger partial charge in [0.05, 0.1) is 17.0 Å². The first kappa shape index (κ1) is 19.4. The van der Waals surface area contributed by atoms with E-state index in [1.807, 2.05) is 42.2 Å². The molecule has 2 aromatic rings. The summed E-state index contributed by atoms with van der Waals surface area (Å²) in [5.74, 6) is 1.40. The van der Waals surface area contributed by atoms with Crippen LogP contribution >= 0.6 is 0 Å². The molecule has 2 heterocycles. The number of aromatic nitrogens is 1. The summed E-state index contributed by atoms with van der Waals surface area (Å²) < 4.78 is 29.2. The van der Waals surface area contributed by atoms with Gasteiger partial charge in [-0.3, -0.25) is 0 Å². The lowest BCUT2D eigenvalue weighted by molar-refractivity contribution is 0.353. The number of aliphatic imine (C=N–C) groups is 1. The van der Waals surface area contributed by atoms with Gasteiger partial charge in [0.1, 0.15) is 12.0 Å². The van der Waals surface area contributed by atoms with Crippen molar-refractivity contribution in [2.75, 3.05) is 25.4 Å². The minimum Gasteiger partial charge on any atom is -0.444 e. The quantitative estimate of drug-likeness (QED) is 0.637. The van der Waals surface area contributed by atoms with Gasteiger partial charge in [0.15, 0.2) is 15.8 Å². The van der Waals surface area contributed by atoms with Crippen LogP contribution in [0, 0.1) is 0 Å². The Labute approximate surface area is 160 Å². The maximum Gasteiger partial charge on any atom is 0.226 e. The highest BCUT2D eigenvalue weighted by Gasteiger charge is 2.40. The second kappa shape index (κ2) is 7.72. The second-order valence-corrected chi connectivity index (χ2v) is 9.92. The zero-order chi connectivity index (χ0) is 19.5. The number of hydrogen-bond acceptors (Lipinski definition) is 5. The molecule has 1 aliphatic heterocycles. The molecule has 1 fully saturated rings. The molecule has 0 amide bonds. The fourth-order valence-corrected chi connectivity index (χ4v) is 4.36. The van der Waals surface area contributed by atoms with Gasteiger partial charge in [-0.15, -0.1) is 0 Å². The predicted octanol–water partition coefficient (Wildman–Crippen LogP) is 2.32. The molecule has 1 N–H and O–H groups in total. The molecule has 0 radical (unpaired) electrons. The average molecular weight is 391 g/mol. The molecule has 27 heavy (non-hydrogen) atoms. The van der Waals surface area contributed by atoms with Gasteiger partial charge in [0, 0.05) is 25.2 Å². The molecule has 1 aromatic heterocycles. The predicted molar refractivity (Wildman–Crippen MR) is 106 cm³/mol. The van der Waals surface area contributed by atoms with Gasteiger partial charge in [0.2, 0.25) is 5.89 Å². The van der Waals surface area contributed by atoms with Gasteiger partial charge >= 0.3 is 0 Å². The highest BCUT2D eigenvalue weighted by atomic mass is 32.2. The van der Waals surface area contributed by atoms with Gasteiger partial charge < -0.3 is 14.6 Å². The van der Waals surface area contributed by atoms with Crippen LogP contribution < -0.4 is 5.32 Å². The highest BCUT2D eigenvalue weighted by molar-refractivity contribution is 7.92. The van der Waals surface area contributed by atoms with Crippen molar-refractivity contribution in [2.45, 2.75) is 32.1 Å². The van der Waals surface area contributed by atoms with E-state index >= 15 is 0 Å². The molecule has 0 unspecified atom stereocenters. The molecule has 1 aromatic carbocycles. The molecule has 0 aliphatic carbocycles. The Kier molecular flexibility index (Phi) is 5.55. The van der Waals surface area contributed by atoms with Crippen LogP contribution in [0.15, 0.2) is 46.0 Å². The van der Waals surface area contributed by atoms with Crippen LogP contribution in [-0.2, 0) is 16.4 Å². The Balaban J connectivity index is 1.74. The average Bonchev–Trinajstić information content (AvgIpc) is 3.11. The summed E-state index contributed by atoms with van der Waals surface area (Å²) in [5, 5.41) is 3.25. The standard InChI is InChI=1S/C19H26N4O3S/c1-4-20-18(23-10-11-27(24,25)19(2,3)14-23)21-12-16-13-26-17(22-16)15-8-6-5-7-9-15/h5-9,13H,4,10-12,14H2,1-3H3,(H,20,21). The molecule has 0 bridgehead atoms. The first-order valence-electron chi connectivity index (χ1n) is 9.08. The van der Waals surface area contributed by atoms with Crippen LogP contribution in [-0.4, -0.2) is 54.4 Å². The number of hydrogen-bond donors (Lipinski definition) is 1. The third-order valence-corrected chi connectivity index (χ3v) is 7.17. The van der Waals surface area contributed by atoms with Gasteiger partial charge in [-0.2, -0.15) is 0 Å². The number of guanidine groups is 1. The van der Waals surface area contributed by atoms with E-state index in [9.17, 15) is 8.42 Å². The molecule has 0 atom stereocenters. The van der Waals surface area contributed by atoms with Crippen LogP contribution in [0.5, 0.6) is 0 Å². The van der Waals surface area contributed by atoms with Crippen molar-refractivity contribution in [1.82, 2.24) is 15.2 Å². The fraction of sp³-hybridized carbons (Fsp3) is 0.474. The van der Waals surface area contributed by atoms with Gasteiger partial charge in [0.25, 0.3) is 0 Å². The molecule has 146 valence electrons. The first-order valence-corrected chi connectivity index (χ1v) is 10.7. The normalized spacial score (nSPS) is 19.1. The van der Waals surface area contributed by atoms with Crippen LogP contribution in [0.4, 0.5) is 0 Å². The molecule has 7 nitrogen and oxygen atoms in total.